The zero-order valence-corrected chi connectivity index (χ0v) is 12.1. The van der Waals surface area contributed by atoms with Crippen LogP contribution in [0.25, 0.3) is 0 Å². The minimum absolute atomic E-state index is 0.0176. The largest absolute Gasteiger partial charge is 0.355 e. The summed E-state index contributed by atoms with van der Waals surface area (Å²) in [5, 5.41) is 0. The maximum absolute atomic E-state index is 11.6. The van der Waals surface area contributed by atoms with Gasteiger partial charge in [0, 0.05) is 36.9 Å². The second-order valence-corrected chi connectivity index (χ2v) is 6.82. The standard InChI is InChI=1S/C14H26N2O/c1-13(2,3)12-15-9-7-11(17)8-10-16(12)14(4,5)6/h7-10H2,1-6H3/b15-12-. The molecule has 0 atom stereocenters. The fourth-order valence-corrected chi connectivity index (χ4v) is 2.13. The normalized spacial score (nSPS) is 22.8. The van der Waals surface area contributed by atoms with E-state index in [0.29, 0.717) is 25.2 Å². The van der Waals surface area contributed by atoms with Gasteiger partial charge in [0.25, 0.3) is 0 Å². The number of amidine groups is 1. The van der Waals surface area contributed by atoms with Gasteiger partial charge in [-0.25, -0.2) is 0 Å². The third kappa shape index (κ3) is 3.83. The quantitative estimate of drug-likeness (QED) is 0.650. The molecule has 1 aliphatic heterocycles. The predicted octanol–water partition coefficient (Wildman–Crippen LogP) is 2.89. The summed E-state index contributed by atoms with van der Waals surface area (Å²) < 4.78 is 0. The van der Waals surface area contributed by atoms with Crippen molar-refractivity contribution < 1.29 is 4.79 Å². The van der Waals surface area contributed by atoms with Crippen LogP contribution in [0.2, 0.25) is 0 Å². The van der Waals surface area contributed by atoms with Gasteiger partial charge in [0.2, 0.25) is 0 Å². The number of carbonyl (C=O) groups excluding carboxylic acids is 1. The molecule has 0 unspecified atom stereocenters. The van der Waals surface area contributed by atoms with Gasteiger partial charge in [-0.2, -0.15) is 0 Å². The van der Waals surface area contributed by atoms with E-state index in [1.807, 2.05) is 0 Å². The van der Waals surface area contributed by atoms with Crippen LogP contribution < -0.4 is 0 Å². The molecule has 0 saturated carbocycles. The van der Waals surface area contributed by atoms with E-state index in [2.05, 4.69) is 51.4 Å². The number of aliphatic imine (C=N–C) groups is 1. The van der Waals surface area contributed by atoms with E-state index in [0.717, 1.165) is 12.4 Å². The summed E-state index contributed by atoms with van der Waals surface area (Å²) in [6.07, 6.45) is 1.24. The van der Waals surface area contributed by atoms with Gasteiger partial charge in [0.05, 0.1) is 0 Å². The molecule has 3 heteroatoms. The molecule has 0 aromatic rings. The first-order valence-corrected chi connectivity index (χ1v) is 6.46. The van der Waals surface area contributed by atoms with Crippen molar-refractivity contribution in [2.75, 3.05) is 13.1 Å². The maximum atomic E-state index is 11.6. The third-order valence-corrected chi connectivity index (χ3v) is 3.00. The molecule has 0 saturated heterocycles. The number of nitrogens with zero attached hydrogens (tertiary/aromatic N) is 2. The van der Waals surface area contributed by atoms with Crippen LogP contribution in [-0.2, 0) is 4.79 Å². The van der Waals surface area contributed by atoms with Crippen molar-refractivity contribution in [3.8, 4) is 0 Å². The lowest BCUT2D eigenvalue weighted by Crippen LogP contribution is -2.51. The molecule has 3 nitrogen and oxygen atoms in total. The third-order valence-electron chi connectivity index (χ3n) is 3.00. The summed E-state index contributed by atoms with van der Waals surface area (Å²) in [5.74, 6) is 1.47. The summed E-state index contributed by atoms with van der Waals surface area (Å²) in [5.41, 5.74) is 0.0530. The zero-order valence-electron chi connectivity index (χ0n) is 12.1. The molecular formula is C14H26N2O. The summed E-state index contributed by atoms with van der Waals surface area (Å²) in [7, 11) is 0. The Morgan fingerprint density at radius 1 is 1.06 bits per heavy atom. The molecule has 0 aromatic heterocycles. The van der Waals surface area contributed by atoms with Crippen LogP contribution >= 0.6 is 0 Å². The first-order chi connectivity index (χ1) is 7.62. The van der Waals surface area contributed by atoms with Crippen molar-refractivity contribution in [2.45, 2.75) is 59.9 Å². The Labute approximate surface area is 105 Å². The molecule has 17 heavy (non-hydrogen) atoms. The Bertz CT molecular complexity index is 318. The molecule has 0 aliphatic carbocycles. The van der Waals surface area contributed by atoms with Crippen LogP contribution in [0.4, 0.5) is 0 Å². The Morgan fingerprint density at radius 2 is 1.65 bits per heavy atom. The van der Waals surface area contributed by atoms with Crippen LogP contribution in [0, 0.1) is 5.41 Å². The second kappa shape index (κ2) is 4.79. The lowest BCUT2D eigenvalue weighted by molar-refractivity contribution is -0.119. The molecule has 0 radical (unpaired) electrons. The lowest BCUT2D eigenvalue weighted by atomic mass is 9.90. The highest BCUT2D eigenvalue weighted by Gasteiger charge is 2.32. The van der Waals surface area contributed by atoms with Crippen molar-refractivity contribution >= 4 is 11.6 Å². The molecule has 1 aliphatic rings. The Kier molecular flexibility index (Phi) is 4.00. The molecule has 0 aromatic carbocycles. The average Bonchev–Trinajstić information content (AvgIpc) is 2.06. The van der Waals surface area contributed by atoms with Gasteiger partial charge >= 0.3 is 0 Å². The predicted molar refractivity (Wildman–Crippen MR) is 72.5 cm³/mol. The number of hydrogen-bond donors (Lipinski definition) is 0. The number of hydrogen-bond acceptors (Lipinski definition) is 3. The fraction of sp³-hybridized carbons (Fsp3) is 0.857. The molecule has 98 valence electrons. The second-order valence-electron chi connectivity index (χ2n) is 6.82. The smallest absolute Gasteiger partial charge is 0.136 e. The van der Waals surface area contributed by atoms with E-state index < -0.39 is 0 Å². The summed E-state index contributed by atoms with van der Waals surface area (Å²) in [6.45, 7) is 14.5. The summed E-state index contributed by atoms with van der Waals surface area (Å²) >= 11 is 0. The number of Topliss-reactive ketones (excluding diaryl/α,β-unsaturated/α-hetero) is 1. The van der Waals surface area contributed by atoms with Gasteiger partial charge in [-0.1, -0.05) is 20.8 Å². The van der Waals surface area contributed by atoms with Crippen molar-refractivity contribution in [1.29, 1.82) is 0 Å². The van der Waals surface area contributed by atoms with Gasteiger partial charge in [-0.15, -0.1) is 0 Å². The summed E-state index contributed by atoms with van der Waals surface area (Å²) in [4.78, 5) is 18.5. The van der Waals surface area contributed by atoms with Gasteiger partial charge in [0.1, 0.15) is 11.6 Å². The monoisotopic (exact) mass is 238 g/mol. The molecule has 1 heterocycles. The number of ketones is 1. The first kappa shape index (κ1) is 14.2. The molecular weight excluding hydrogens is 212 g/mol. The topological polar surface area (TPSA) is 32.7 Å². The van der Waals surface area contributed by atoms with Crippen LogP contribution in [0.15, 0.2) is 4.99 Å². The van der Waals surface area contributed by atoms with E-state index in [1.54, 1.807) is 0 Å². The van der Waals surface area contributed by atoms with E-state index in [4.69, 9.17) is 0 Å². The first-order valence-electron chi connectivity index (χ1n) is 6.46. The van der Waals surface area contributed by atoms with Gasteiger partial charge in [-0.05, 0) is 20.8 Å². The molecule has 0 N–H and O–H groups in total. The van der Waals surface area contributed by atoms with E-state index in [1.165, 1.54) is 0 Å². The molecule has 0 amide bonds. The minimum Gasteiger partial charge on any atom is -0.355 e. The van der Waals surface area contributed by atoms with Gasteiger partial charge in [0.15, 0.2) is 0 Å². The highest BCUT2D eigenvalue weighted by molar-refractivity contribution is 5.89. The van der Waals surface area contributed by atoms with Crippen LogP contribution in [0.3, 0.4) is 0 Å². The van der Waals surface area contributed by atoms with E-state index in [9.17, 15) is 4.79 Å². The minimum atomic E-state index is 0.0176. The zero-order chi connectivity index (χ0) is 13.3. The Morgan fingerprint density at radius 3 is 2.12 bits per heavy atom. The molecule has 1 rings (SSSR count). The van der Waals surface area contributed by atoms with E-state index in [-0.39, 0.29) is 11.0 Å². The average molecular weight is 238 g/mol. The number of carbonyl (C=O) groups is 1. The lowest BCUT2D eigenvalue weighted by Gasteiger charge is -2.43. The van der Waals surface area contributed by atoms with Gasteiger partial charge < -0.3 is 4.90 Å². The van der Waals surface area contributed by atoms with Gasteiger partial charge in [-0.3, -0.25) is 9.79 Å². The van der Waals surface area contributed by atoms with Crippen LogP contribution in [-0.4, -0.2) is 35.1 Å². The van der Waals surface area contributed by atoms with Crippen molar-refractivity contribution in [3.05, 3.63) is 0 Å². The van der Waals surface area contributed by atoms with Crippen LogP contribution in [0.1, 0.15) is 54.4 Å². The Hall–Kier alpha value is -0.860. The van der Waals surface area contributed by atoms with Crippen molar-refractivity contribution in [2.24, 2.45) is 10.4 Å². The van der Waals surface area contributed by atoms with Crippen molar-refractivity contribution in [3.63, 3.8) is 0 Å². The molecule has 0 bridgehead atoms. The van der Waals surface area contributed by atoms with Crippen molar-refractivity contribution in [1.82, 2.24) is 4.90 Å². The fourth-order valence-electron chi connectivity index (χ4n) is 2.13. The van der Waals surface area contributed by atoms with Crippen LogP contribution in [0.5, 0.6) is 0 Å². The van der Waals surface area contributed by atoms with E-state index >= 15 is 0 Å². The maximum Gasteiger partial charge on any atom is 0.136 e. The number of rotatable bonds is 0. The molecule has 0 spiro atoms. The highest BCUT2D eigenvalue weighted by Crippen LogP contribution is 2.26. The SMILES string of the molecule is CC(C)(C)/C1=N/CCC(=O)CCN1C(C)(C)C. The molecule has 0 fully saturated rings. The highest BCUT2D eigenvalue weighted by atomic mass is 16.1. The summed E-state index contributed by atoms with van der Waals surface area (Å²) in [6, 6.07) is 0. The Balaban J connectivity index is 3.08.